The zero-order valence-corrected chi connectivity index (χ0v) is 17.7. The molecule has 29 heavy (non-hydrogen) atoms. The Morgan fingerprint density at radius 3 is 2.79 bits per heavy atom. The Hall–Kier alpha value is -2.37. The van der Waals surface area contributed by atoms with Crippen molar-refractivity contribution in [3.05, 3.63) is 53.1 Å². The van der Waals surface area contributed by atoms with E-state index in [9.17, 15) is 0 Å². The molecule has 0 radical (unpaired) electrons. The van der Waals surface area contributed by atoms with Gasteiger partial charge in [0.05, 0.1) is 25.0 Å². The molecule has 2 aromatic carbocycles. The van der Waals surface area contributed by atoms with Gasteiger partial charge in [0.15, 0.2) is 0 Å². The van der Waals surface area contributed by atoms with Gasteiger partial charge in [-0.25, -0.2) is 0 Å². The summed E-state index contributed by atoms with van der Waals surface area (Å²) >= 11 is 6.17. The summed E-state index contributed by atoms with van der Waals surface area (Å²) in [6.45, 7) is 5.94. The molecule has 0 aliphatic carbocycles. The number of nitrogens with one attached hydrogen (secondary N) is 1. The van der Waals surface area contributed by atoms with Crippen molar-refractivity contribution in [1.29, 1.82) is 5.41 Å². The molecule has 1 fully saturated rings. The van der Waals surface area contributed by atoms with Gasteiger partial charge in [-0.1, -0.05) is 29.8 Å². The molecule has 1 aliphatic rings. The molecule has 0 saturated carbocycles. The molecular weight excluding hydrogens is 386 g/mol. The lowest BCUT2D eigenvalue weighted by Gasteiger charge is -2.23. The first-order valence-corrected chi connectivity index (χ1v) is 10.3. The predicted molar refractivity (Wildman–Crippen MR) is 119 cm³/mol. The van der Waals surface area contributed by atoms with Crippen molar-refractivity contribution in [2.45, 2.75) is 32.7 Å². The van der Waals surface area contributed by atoms with Gasteiger partial charge in [0.25, 0.3) is 0 Å². The minimum absolute atomic E-state index is 0.0235. The van der Waals surface area contributed by atoms with E-state index in [0.29, 0.717) is 23.3 Å². The summed E-state index contributed by atoms with van der Waals surface area (Å²) in [6.07, 6.45) is 2.19. The van der Waals surface area contributed by atoms with Gasteiger partial charge < -0.3 is 15.2 Å². The molecular formula is C23H28ClN3O2. The SMILES string of the molecule is CC(=NC(C)c1cc(-c2cccc(Cl)c2)ccc1OCC1CCCOC1)C(=N)N. The maximum Gasteiger partial charge on any atom is 0.136 e. The smallest absolute Gasteiger partial charge is 0.136 e. The standard InChI is InChI=1S/C23H28ClN3O2/c1-15(27-16(2)23(25)26)21-12-19(18-6-3-7-20(24)11-18)8-9-22(21)29-14-17-5-4-10-28-13-17/h3,6-9,11-12,15,17H,4-5,10,13-14H2,1-2H3,(H3,25,26). The lowest BCUT2D eigenvalue weighted by atomic mass is 9.99. The number of hydrogen-bond acceptors (Lipinski definition) is 4. The molecule has 0 spiro atoms. The molecule has 6 heteroatoms. The highest BCUT2D eigenvalue weighted by molar-refractivity contribution is 6.38. The molecule has 3 N–H and O–H groups in total. The molecule has 0 bridgehead atoms. The number of halogens is 1. The van der Waals surface area contributed by atoms with Gasteiger partial charge in [-0.05, 0) is 62.1 Å². The number of amidine groups is 1. The van der Waals surface area contributed by atoms with E-state index in [-0.39, 0.29) is 11.9 Å². The van der Waals surface area contributed by atoms with E-state index in [4.69, 9.17) is 32.2 Å². The van der Waals surface area contributed by atoms with Crippen LogP contribution in [0.4, 0.5) is 0 Å². The van der Waals surface area contributed by atoms with Gasteiger partial charge in [0.2, 0.25) is 0 Å². The summed E-state index contributed by atoms with van der Waals surface area (Å²) < 4.78 is 11.8. The van der Waals surface area contributed by atoms with Crippen molar-refractivity contribution in [2.24, 2.45) is 16.6 Å². The van der Waals surface area contributed by atoms with Gasteiger partial charge in [-0.3, -0.25) is 10.4 Å². The van der Waals surface area contributed by atoms with Crippen molar-refractivity contribution in [3.8, 4) is 16.9 Å². The van der Waals surface area contributed by atoms with Gasteiger partial charge in [0, 0.05) is 23.1 Å². The second-order valence-corrected chi connectivity index (χ2v) is 7.90. The third kappa shape index (κ3) is 5.81. The maximum atomic E-state index is 7.61. The zero-order valence-electron chi connectivity index (χ0n) is 17.0. The van der Waals surface area contributed by atoms with Gasteiger partial charge in [-0.15, -0.1) is 0 Å². The molecule has 1 aliphatic heterocycles. The van der Waals surface area contributed by atoms with E-state index in [1.807, 2.05) is 43.3 Å². The number of nitrogens with zero attached hydrogens (tertiary/aromatic N) is 1. The van der Waals surface area contributed by atoms with E-state index in [2.05, 4.69) is 11.1 Å². The van der Waals surface area contributed by atoms with Crippen LogP contribution in [0.3, 0.4) is 0 Å². The second-order valence-electron chi connectivity index (χ2n) is 7.46. The fourth-order valence-corrected chi connectivity index (χ4v) is 3.62. The Morgan fingerprint density at radius 1 is 1.31 bits per heavy atom. The van der Waals surface area contributed by atoms with Gasteiger partial charge >= 0.3 is 0 Å². The Labute approximate surface area is 177 Å². The summed E-state index contributed by atoms with van der Waals surface area (Å²) in [7, 11) is 0. The van der Waals surface area contributed by atoms with Crippen LogP contribution in [0.2, 0.25) is 5.02 Å². The summed E-state index contributed by atoms with van der Waals surface area (Å²) in [5, 5.41) is 8.31. The van der Waals surface area contributed by atoms with E-state index in [1.54, 1.807) is 6.92 Å². The number of benzene rings is 2. The van der Waals surface area contributed by atoms with Gasteiger partial charge in [-0.2, -0.15) is 0 Å². The summed E-state index contributed by atoms with van der Waals surface area (Å²) in [5.41, 5.74) is 9.13. The second kappa shape index (κ2) is 9.90. The van der Waals surface area contributed by atoms with Crippen LogP contribution >= 0.6 is 11.6 Å². The third-order valence-corrected chi connectivity index (χ3v) is 5.36. The first kappa shape index (κ1) is 21.3. The van der Waals surface area contributed by atoms with Crippen LogP contribution in [0.15, 0.2) is 47.5 Å². The summed E-state index contributed by atoms with van der Waals surface area (Å²) in [5.74, 6) is 1.18. The van der Waals surface area contributed by atoms with E-state index >= 15 is 0 Å². The molecule has 3 rings (SSSR count). The minimum atomic E-state index is -0.198. The topological polar surface area (TPSA) is 80.7 Å². The number of hydrogen-bond donors (Lipinski definition) is 2. The molecule has 2 unspecified atom stereocenters. The number of nitrogens with two attached hydrogens (primary N) is 1. The minimum Gasteiger partial charge on any atom is -0.493 e. The maximum absolute atomic E-state index is 7.61. The van der Waals surface area contributed by atoms with Crippen molar-refractivity contribution in [3.63, 3.8) is 0 Å². The summed E-state index contributed by atoms with van der Waals surface area (Å²) in [4.78, 5) is 4.59. The molecule has 0 aromatic heterocycles. The fraction of sp³-hybridized carbons (Fsp3) is 0.391. The molecule has 154 valence electrons. The molecule has 2 atom stereocenters. The molecule has 0 amide bonds. The van der Waals surface area contributed by atoms with E-state index in [1.165, 1.54) is 0 Å². The molecule has 2 aromatic rings. The van der Waals surface area contributed by atoms with Crippen molar-refractivity contribution in [1.82, 2.24) is 0 Å². The highest BCUT2D eigenvalue weighted by atomic mass is 35.5. The lowest BCUT2D eigenvalue weighted by Crippen LogP contribution is -2.23. The fourth-order valence-electron chi connectivity index (χ4n) is 3.43. The lowest BCUT2D eigenvalue weighted by molar-refractivity contribution is 0.0350. The monoisotopic (exact) mass is 413 g/mol. The van der Waals surface area contributed by atoms with Crippen LogP contribution in [-0.4, -0.2) is 31.4 Å². The Bertz CT molecular complexity index is 891. The van der Waals surface area contributed by atoms with Crippen LogP contribution in [0.25, 0.3) is 11.1 Å². The molecule has 5 nitrogen and oxygen atoms in total. The highest BCUT2D eigenvalue weighted by Gasteiger charge is 2.18. The van der Waals surface area contributed by atoms with Gasteiger partial charge in [0.1, 0.15) is 11.6 Å². The van der Waals surface area contributed by atoms with E-state index in [0.717, 1.165) is 48.5 Å². The van der Waals surface area contributed by atoms with Crippen LogP contribution < -0.4 is 10.5 Å². The zero-order chi connectivity index (χ0) is 20.8. The number of rotatable bonds is 7. The quantitative estimate of drug-likeness (QED) is 0.479. The Morgan fingerprint density at radius 2 is 2.10 bits per heavy atom. The van der Waals surface area contributed by atoms with Crippen LogP contribution in [0.1, 0.15) is 38.3 Å². The van der Waals surface area contributed by atoms with Crippen molar-refractivity contribution < 1.29 is 9.47 Å². The molecule has 1 heterocycles. The Balaban J connectivity index is 1.91. The first-order valence-electron chi connectivity index (χ1n) is 9.93. The summed E-state index contributed by atoms with van der Waals surface area (Å²) in [6, 6.07) is 13.7. The Kier molecular flexibility index (Phi) is 7.29. The number of ether oxygens (including phenoxy) is 2. The normalized spacial score (nSPS) is 18.3. The average Bonchev–Trinajstić information content (AvgIpc) is 2.72. The predicted octanol–water partition coefficient (Wildman–Crippen LogP) is 5.27. The van der Waals surface area contributed by atoms with Crippen LogP contribution in [0, 0.1) is 11.3 Å². The third-order valence-electron chi connectivity index (χ3n) is 5.12. The molecule has 1 saturated heterocycles. The largest absolute Gasteiger partial charge is 0.493 e. The number of aliphatic imine (C=N–C) groups is 1. The van der Waals surface area contributed by atoms with Crippen molar-refractivity contribution >= 4 is 23.1 Å². The van der Waals surface area contributed by atoms with Crippen LogP contribution in [0.5, 0.6) is 5.75 Å². The first-order chi connectivity index (χ1) is 13.9. The van der Waals surface area contributed by atoms with Crippen molar-refractivity contribution in [2.75, 3.05) is 19.8 Å². The van der Waals surface area contributed by atoms with E-state index < -0.39 is 0 Å². The highest BCUT2D eigenvalue weighted by Crippen LogP contribution is 2.34. The average molecular weight is 414 g/mol. The van der Waals surface area contributed by atoms with Crippen LogP contribution in [-0.2, 0) is 4.74 Å².